The average molecular weight is 196 g/mol. The maximum absolute atomic E-state index is 8.55. The third-order valence-electron chi connectivity index (χ3n) is 1.52. The number of pyridine rings is 1. The molecule has 70 valence electrons. The van der Waals surface area contributed by atoms with Gasteiger partial charge in [-0.3, -0.25) is 4.98 Å². The lowest BCUT2D eigenvalue weighted by atomic mass is 10.2. The van der Waals surface area contributed by atoms with E-state index in [0.717, 1.165) is 10.6 Å². The van der Waals surface area contributed by atoms with Crippen LogP contribution in [0, 0.1) is 0 Å². The molecule has 0 amide bonds. The highest BCUT2D eigenvalue weighted by atomic mass is 32.1. The number of hydrogen-bond acceptors (Lipinski definition) is 3. The highest BCUT2D eigenvalue weighted by molar-refractivity contribution is 7.80. The number of aliphatic hydroxyl groups is 1. The number of hydrogen-bond donors (Lipinski definition) is 2. The van der Waals surface area contributed by atoms with E-state index in [1.165, 1.54) is 0 Å². The summed E-state index contributed by atoms with van der Waals surface area (Å²) < 4.78 is 0. The van der Waals surface area contributed by atoms with Crippen molar-refractivity contribution >= 4 is 17.2 Å². The maximum atomic E-state index is 8.55. The minimum absolute atomic E-state index is 0.104. The summed E-state index contributed by atoms with van der Waals surface area (Å²) in [4.78, 5) is 4.72. The number of aromatic nitrogens is 1. The molecule has 0 atom stereocenters. The molecule has 0 spiro atoms. The summed E-state index contributed by atoms with van der Waals surface area (Å²) in [5.41, 5.74) is 1.08. The van der Waals surface area contributed by atoms with Crippen LogP contribution in [-0.4, -0.2) is 28.2 Å². The molecular weight excluding hydrogens is 184 g/mol. The van der Waals surface area contributed by atoms with E-state index in [9.17, 15) is 0 Å². The number of rotatable bonds is 4. The van der Waals surface area contributed by atoms with Crippen LogP contribution in [0.4, 0.5) is 0 Å². The lowest BCUT2D eigenvalue weighted by Gasteiger charge is -2.05. The zero-order valence-corrected chi connectivity index (χ0v) is 8.05. The molecule has 0 fully saturated rings. The fourth-order valence-corrected chi connectivity index (χ4v) is 1.21. The fourth-order valence-electron chi connectivity index (χ4n) is 0.946. The molecule has 3 nitrogen and oxygen atoms in total. The Morgan fingerprint density at radius 3 is 3.08 bits per heavy atom. The minimum Gasteiger partial charge on any atom is -0.395 e. The third kappa shape index (κ3) is 3.96. The zero-order chi connectivity index (χ0) is 9.52. The van der Waals surface area contributed by atoms with Gasteiger partial charge in [-0.05, 0) is 11.6 Å². The SMILES string of the molecule is OCCNC(=S)Cc1cccnc1. The Bertz CT molecular complexity index is 264. The van der Waals surface area contributed by atoms with Crippen molar-refractivity contribution in [2.24, 2.45) is 0 Å². The van der Waals surface area contributed by atoms with Gasteiger partial charge in [0.25, 0.3) is 0 Å². The van der Waals surface area contributed by atoms with Gasteiger partial charge in [0, 0.05) is 25.4 Å². The predicted molar refractivity (Wildman–Crippen MR) is 55.6 cm³/mol. The van der Waals surface area contributed by atoms with Crippen LogP contribution in [0.5, 0.6) is 0 Å². The van der Waals surface area contributed by atoms with Crippen LogP contribution in [-0.2, 0) is 6.42 Å². The van der Waals surface area contributed by atoms with Crippen LogP contribution in [0.2, 0.25) is 0 Å². The molecule has 2 N–H and O–H groups in total. The second kappa shape index (κ2) is 5.61. The second-order valence-electron chi connectivity index (χ2n) is 2.61. The van der Waals surface area contributed by atoms with Crippen molar-refractivity contribution in [1.82, 2.24) is 10.3 Å². The molecular formula is C9H12N2OS. The zero-order valence-electron chi connectivity index (χ0n) is 7.23. The van der Waals surface area contributed by atoms with E-state index in [2.05, 4.69) is 10.3 Å². The van der Waals surface area contributed by atoms with Gasteiger partial charge >= 0.3 is 0 Å². The summed E-state index contributed by atoms with van der Waals surface area (Å²) >= 11 is 5.05. The van der Waals surface area contributed by atoms with E-state index in [1.54, 1.807) is 12.4 Å². The summed E-state index contributed by atoms with van der Waals surface area (Å²) in [5.74, 6) is 0. The van der Waals surface area contributed by atoms with Gasteiger partial charge in [0.2, 0.25) is 0 Å². The van der Waals surface area contributed by atoms with E-state index >= 15 is 0 Å². The van der Waals surface area contributed by atoms with Gasteiger partial charge in [-0.2, -0.15) is 0 Å². The van der Waals surface area contributed by atoms with Crippen molar-refractivity contribution < 1.29 is 5.11 Å². The number of aliphatic hydroxyl groups excluding tert-OH is 1. The van der Waals surface area contributed by atoms with Gasteiger partial charge in [-0.1, -0.05) is 18.3 Å². The molecule has 0 aliphatic heterocycles. The molecule has 1 aromatic rings. The van der Waals surface area contributed by atoms with E-state index in [0.29, 0.717) is 13.0 Å². The van der Waals surface area contributed by atoms with Crippen LogP contribution >= 0.6 is 12.2 Å². The molecule has 0 saturated heterocycles. The molecule has 0 aliphatic rings. The molecule has 13 heavy (non-hydrogen) atoms. The summed E-state index contributed by atoms with van der Waals surface area (Å²) in [5, 5.41) is 11.5. The second-order valence-corrected chi connectivity index (χ2v) is 3.10. The number of thiocarbonyl (C=S) groups is 1. The monoisotopic (exact) mass is 196 g/mol. The maximum Gasteiger partial charge on any atom is 0.0799 e. The summed E-state index contributed by atoms with van der Waals surface area (Å²) in [6.45, 7) is 0.617. The lowest BCUT2D eigenvalue weighted by molar-refractivity contribution is 0.300. The molecule has 0 aliphatic carbocycles. The number of nitrogens with one attached hydrogen (secondary N) is 1. The van der Waals surface area contributed by atoms with Crippen LogP contribution in [0.15, 0.2) is 24.5 Å². The molecule has 1 aromatic heterocycles. The Hall–Kier alpha value is -1.00. The number of nitrogens with zero attached hydrogens (tertiary/aromatic N) is 1. The van der Waals surface area contributed by atoms with E-state index in [4.69, 9.17) is 17.3 Å². The van der Waals surface area contributed by atoms with Gasteiger partial charge in [0.05, 0.1) is 11.6 Å². The molecule has 1 heterocycles. The van der Waals surface area contributed by atoms with Crippen LogP contribution in [0.3, 0.4) is 0 Å². The quantitative estimate of drug-likeness (QED) is 0.690. The normalized spacial score (nSPS) is 9.62. The van der Waals surface area contributed by atoms with E-state index < -0.39 is 0 Å². The highest BCUT2D eigenvalue weighted by Gasteiger charge is 1.97. The fraction of sp³-hybridized carbons (Fsp3) is 0.333. The van der Waals surface area contributed by atoms with Crippen LogP contribution in [0.1, 0.15) is 5.56 Å². The first-order valence-electron chi connectivity index (χ1n) is 4.09. The van der Waals surface area contributed by atoms with Gasteiger partial charge in [-0.25, -0.2) is 0 Å². The summed E-state index contributed by atoms with van der Waals surface area (Å²) in [6, 6.07) is 3.85. The molecule has 4 heteroatoms. The van der Waals surface area contributed by atoms with Gasteiger partial charge < -0.3 is 10.4 Å². The van der Waals surface area contributed by atoms with Crippen molar-refractivity contribution in [2.75, 3.05) is 13.2 Å². The van der Waals surface area contributed by atoms with Crippen LogP contribution < -0.4 is 5.32 Å². The largest absolute Gasteiger partial charge is 0.395 e. The van der Waals surface area contributed by atoms with E-state index in [-0.39, 0.29) is 6.61 Å². The first-order valence-corrected chi connectivity index (χ1v) is 4.50. The van der Waals surface area contributed by atoms with E-state index in [1.807, 2.05) is 12.1 Å². The molecule has 0 saturated carbocycles. The Balaban J connectivity index is 2.37. The molecule has 0 radical (unpaired) electrons. The standard InChI is InChI=1S/C9H12N2OS/c12-5-4-11-9(13)6-8-2-1-3-10-7-8/h1-3,7,12H,4-6H2,(H,11,13). The molecule has 0 bridgehead atoms. The molecule has 0 aromatic carbocycles. The van der Waals surface area contributed by atoms with Gasteiger partial charge in [0.15, 0.2) is 0 Å². The lowest BCUT2D eigenvalue weighted by Crippen LogP contribution is -2.26. The summed E-state index contributed by atoms with van der Waals surface area (Å²) in [6.07, 6.45) is 4.20. The molecule has 1 rings (SSSR count). The van der Waals surface area contributed by atoms with Crippen LogP contribution in [0.25, 0.3) is 0 Å². The van der Waals surface area contributed by atoms with Crippen molar-refractivity contribution in [3.63, 3.8) is 0 Å². The predicted octanol–water partition coefficient (Wildman–Crippen LogP) is 0.533. The highest BCUT2D eigenvalue weighted by Crippen LogP contribution is 1.97. The van der Waals surface area contributed by atoms with Crippen molar-refractivity contribution in [3.05, 3.63) is 30.1 Å². The topological polar surface area (TPSA) is 45.1 Å². The Kier molecular flexibility index (Phi) is 4.35. The van der Waals surface area contributed by atoms with Crippen molar-refractivity contribution in [2.45, 2.75) is 6.42 Å². The Morgan fingerprint density at radius 1 is 1.62 bits per heavy atom. The molecule has 0 unspecified atom stereocenters. The summed E-state index contributed by atoms with van der Waals surface area (Å²) in [7, 11) is 0. The third-order valence-corrected chi connectivity index (χ3v) is 1.81. The van der Waals surface area contributed by atoms with Gasteiger partial charge in [0.1, 0.15) is 0 Å². The smallest absolute Gasteiger partial charge is 0.0799 e. The Morgan fingerprint density at radius 2 is 2.46 bits per heavy atom. The minimum atomic E-state index is 0.104. The van der Waals surface area contributed by atoms with Gasteiger partial charge in [-0.15, -0.1) is 0 Å². The average Bonchev–Trinajstić information content (AvgIpc) is 2.16. The first-order chi connectivity index (χ1) is 6.33. The Labute approximate surface area is 82.8 Å². The van der Waals surface area contributed by atoms with Crippen molar-refractivity contribution in [3.8, 4) is 0 Å². The van der Waals surface area contributed by atoms with Crippen molar-refractivity contribution in [1.29, 1.82) is 0 Å². The first kappa shape index (κ1) is 10.1.